The van der Waals surface area contributed by atoms with Crippen molar-refractivity contribution in [2.45, 2.75) is 12.8 Å². The summed E-state index contributed by atoms with van der Waals surface area (Å²) in [5.41, 5.74) is -0.818. The number of hydrogen-bond donors (Lipinski definition) is 0. The lowest BCUT2D eigenvalue weighted by molar-refractivity contribution is -0.385. The number of hydrogen-bond acceptors (Lipinski definition) is 5. The highest BCUT2D eigenvalue weighted by Gasteiger charge is 2.31. The molecule has 7 nitrogen and oxygen atoms in total. The molecule has 1 saturated heterocycles. The zero-order chi connectivity index (χ0) is 21.1. The van der Waals surface area contributed by atoms with Crippen molar-refractivity contribution in [2.75, 3.05) is 13.1 Å². The number of carbonyl (C=O) groups is 2. The van der Waals surface area contributed by atoms with Crippen LogP contribution in [0, 0.1) is 33.5 Å². The highest BCUT2D eigenvalue weighted by atomic mass is 19.1. The molecule has 10 heteroatoms. The van der Waals surface area contributed by atoms with Crippen LogP contribution < -0.4 is 4.74 Å². The summed E-state index contributed by atoms with van der Waals surface area (Å²) < 4.78 is 45.1. The second kappa shape index (κ2) is 8.29. The van der Waals surface area contributed by atoms with Crippen LogP contribution in [-0.2, 0) is 4.79 Å². The van der Waals surface area contributed by atoms with Gasteiger partial charge in [-0.1, -0.05) is 0 Å². The van der Waals surface area contributed by atoms with Crippen LogP contribution in [0.5, 0.6) is 5.75 Å². The van der Waals surface area contributed by atoms with Crippen LogP contribution in [0.15, 0.2) is 36.4 Å². The molecule has 1 fully saturated rings. The molecule has 1 aliphatic rings. The van der Waals surface area contributed by atoms with Crippen molar-refractivity contribution in [3.05, 3.63) is 69.5 Å². The van der Waals surface area contributed by atoms with Gasteiger partial charge in [-0.15, -0.1) is 0 Å². The van der Waals surface area contributed by atoms with Gasteiger partial charge in [-0.2, -0.15) is 0 Å². The van der Waals surface area contributed by atoms with Crippen LogP contribution in [0.2, 0.25) is 0 Å². The Balaban J connectivity index is 1.63. The summed E-state index contributed by atoms with van der Waals surface area (Å²) in [5, 5.41) is 11.0. The zero-order valence-corrected chi connectivity index (χ0v) is 14.9. The first-order chi connectivity index (χ1) is 13.8. The Bertz CT molecular complexity index is 974. The number of nitro benzene ring substituents is 1. The lowest BCUT2D eigenvalue weighted by Crippen LogP contribution is -2.41. The number of amides is 1. The molecule has 0 unspecified atom stereocenters. The average Bonchev–Trinajstić information content (AvgIpc) is 2.67. The topological polar surface area (TPSA) is 89.8 Å². The van der Waals surface area contributed by atoms with Crippen molar-refractivity contribution >= 4 is 17.6 Å². The Morgan fingerprint density at radius 2 is 1.66 bits per heavy atom. The summed E-state index contributed by atoms with van der Waals surface area (Å²) in [5.74, 6) is -5.14. The number of benzene rings is 2. The summed E-state index contributed by atoms with van der Waals surface area (Å²) in [6, 6.07) is 5.18. The molecule has 1 amide bonds. The molecule has 0 spiro atoms. The Hall–Kier alpha value is -3.43. The molecule has 0 radical (unpaired) electrons. The second-order valence-corrected chi connectivity index (χ2v) is 6.48. The predicted octanol–water partition coefficient (Wildman–Crippen LogP) is 3.47. The van der Waals surface area contributed by atoms with Crippen LogP contribution in [0.3, 0.4) is 0 Å². The van der Waals surface area contributed by atoms with Gasteiger partial charge in [0.15, 0.2) is 0 Å². The van der Waals surface area contributed by atoms with Gasteiger partial charge in [-0.3, -0.25) is 19.7 Å². The van der Waals surface area contributed by atoms with E-state index in [1.165, 1.54) is 4.90 Å². The quantitative estimate of drug-likeness (QED) is 0.335. The Morgan fingerprint density at radius 1 is 1.03 bits per heavy atom. The molecule has 2 aromatic carbocycles. The van der Waals surface area contributed by atoms with Crippen molar-refractivity contribution in [3.8, 4) is 5.75 Å². The molecular weight excluding hydrogens is 393 g/mol. The SMILES string of the molecule is O=C(Oc1cc(F)ccc1[N+](=O)[O-])C1CCN(C(=O)c2ccc(F)cc2F)CC1. The number of rotatable bonds is 4. The summed E-state index contributed by atoms with van der Waals surface area (Å²) in [6.07, 6.45) is 0.354. The molecule has 3 rings (SSSR count). The number of carbonyl (C=O) groups excluding carboxylic acids is 2. The van der Waals surface area contributed by atoms with Crippen molar-refractivity contribution in [3.63, 3.8) is 0 Å². The minimum absolute atomic E-state index is 0.112. The van der Waals surface area contributed by atoms with E-state index >= 15 is 0 Å². The van der Waals surface area contributed by atoms with Crippen LogP contribution >= 0.6 is 0 Å². The number of nitrogens with zero attached hydrogens (tertiary/aromatic N) is 2. The fraction of sp³-hybridized carbons (Fsp3) is 0.263. The van der Waals surface area contributed by atoms with E-state index in [0.717, 1.165) is 30.3 Å². The van der Waals surface area contributed by atoms with E-state index in [1.807, 2.05) is 0 Å². The maximum absolute atomic E-state index is 13.8. The van der Waals surface area contributed by atoms with Gasteiger partial charge in [0.2, 0.25) is 5.75 Å². The third-order valence-corrected chi connectivity index (χ3v) is 4.61. The third-order valence-electron chi connectivity index (χ3n) is 4.61. The summed E-state index contributed by atoms with van der Waals surface area (Å²) >= 11 is 0. The molecule has 0 aliphatic carbocycles. The van der Waals surface area contributed by atoms with E-state index < -0.39 is 51.6 Å². The van der Waals surface area contributed by atoms with Gasteiger partial charge in [-0.05, 0) is 31.0 Å². The Kier molecular flexibility index (Phi) is 5.81. The molecule has 0 N–H and O–H groups in total. The van der Waals surface area contributed by atoms with E-state index in [4.69, 9.17) is 4.74 Å². The number of esters is 1. The van der Waals surface area contributed by atoms with Crippen LogP contribution in [0.4, 0.5) is 18.9 Å². The highest BCUT2D eigenvalue weighted by molar-refractivity contribution is 5.94. The average molecular weight is 408 g/mol. The first-order valence-electron chi connectivity index (χ1n) is 8.66. The fourth-order valence-corrected chi connectivity index (χ4v) is 3.06. The number of likely N-dealkylation sites (tertiary alicyclic amines) is 1. The van der Waals surface area contributed by atoms with Crippen molar-refractivity contribution in [1.29, 1.82) is 0 Å². The minimum atomic E-state index is -0.977. The van der Waals surface area contributed by atoms with Crippen LogP contribution in [0.25, 0.3) is 0 Å². The first kappa shape index (κ1) is 20.3. The van der Waals surface area contributed by atoms with E-state index in [9.17, 15) is 32.9 Å². The number of nitro groups is 1. The van der Waals surface area contributed by atoms with E-state index in [1.54, 1.807) is 0 Å². The number of halogens is 3. The van der Waals surface area contributed by atoms with Gasteiger partial charge in [-0.25, -0.2) is 13.2 Å². The molecular formula is C19H15F3N2O5. The number of piperidine rings is 1. The molecule has 0 saturated carbocycles. The second-order valence-electron chi connectivity index (χ2n) is 6.48. The predicted molar refractivity (Wildman–Crippen MR) is 93.7 cm³/mol. The van der Waals surface area contributed by atoms with Gasteiger partial charge in [0.05, 0.1) is 16.4 Å². The summed E-state index contributed by atoms with van der Waals surface area (Å²) in [6.45, 7) is 0.224. The lowest BCUT2D eigenvalue weighted by atomic mass is 9.96. The molecule has 152 valence electrons. The van der Waals surface area contributed by atoms with E-state index in [2.05, 4.69) is 0 Å². The Morgan fingerprint density at radius 3 is 2.28 bits per heavy atom. The maximum atomic E-state index is 13.8. The summed E-state index contributed by atoms with van der Waals surface area (Å²) in [4.78, 5) is 36.2. The molecule has 2 aromatic rings. The largest absolute Gasteiger partial charge is 0.419 e. The van der Waals surface area contributed by atoms with Gasteiger partial charge in [0, 0.05) is 31.3 Å². The van der Waals surface area contributed by atoms with Gasteiger partial charge in [0.1, 0.15) is 17.5 Å². The lowest BCUT2D eigenvalue weighted by Gasteiger charge is -2.31. The van der Waals surface area contributed by atoms with Crippen molar-refractivity contribution in [2.24, 2.45) is 5.92 Å². The van der Waals surface area contributed by atoms with Crippen LogP contribution in [0.1, 0.15) is 23.2 Å². The smallest absolute Gasteiger partial charge is 0.314 e. The third kappa shape index (κ3) is 4.53. The van der Waals surface area contributed by atoms with Crippen molar-refractivity contribution < 1.29 is 32.4 Å². The maximum Gasteiger partial charge on any atom is 0.314 e. The number of ether oxygens (including phenoxy) is 1. The highest BCUT2D eigenvalue weighted by Crippen LogP contribution is 2.30. The zero-order valence-electron chi connectivity index (χ0n) is 14.9. The van der Waals surface area contributed by atoms with Gasteiger partial charge < -0.3 is 9.64 Å². The molecule has 1 aliphatic heterocycles. The van der Waals surface area contributed by atoms with Gasteiger partial charge in [0.25, 0.3) is 5.91 Å². The van der Waals surface area contributed by atoms with E-state index in [-0.39, 0.29) is 31.5 Å². The summed E-state index contributed by atoms with van der Waals surface area (Å²) in [7, 11) is 0. The molecule has 29 heavy (non-hydrogen) atoms. The molecule has 1 heterocycles. The standard InChI is InChI=1S/C19H15F3N2O5/c20-12-1-3-14(15(22)9-12)18(25)23-7-5-11(6-8-23)19(26)29-17-10-13(21)2-4-16(17)24(27)28/h1-4,9-11H,5-8H2. The van der Waals surface area contributed by atoms with Crippen LogP contribution in [-0.4, -0.2) is 34.8 Å². The Labute approximate surface area is 162 Å². The molecule has 0 bridgehead atoms. The normalized spacial score (nSPS) is 14.5. The van der Waals surface area contributed by atoms with Gasteiger partial charge >= 0.3 is 11.7 Å². The minimum Gasteiger partial charge on any atom is -0.419 e. The van der Waals surface area contributed by atoms with Crippen molar-refractivity contribution in [1.82, 2.24) is 4.90 Å². The van der Waals surface area contributed by atoms with E-state index in [0.29, 0.717) is 6.07 Å². The fourth-order valence-electron chi connectivity index (χ4n) is 3.06. The monoisotopic (exact) mass is 408 g/mol. The molecule has 0 aromatic heterocycles. The first-order valence-corrected chi connectivity index (χ1v) is 8.66. The molecule has 0 atom stereocenters.